The minimum atomic E-state index is 0.0135. The predicted molar refractivity (Wildman–Crippen MR) is 120 cm³/mol. The highest BCUT2D eigenvalue weighted by atomic mass is 16.5. The number of guanidine groups is 1. The first kappa shape index (κ1) is 22.1. The monoisotopic (exact) mass is 411 g/mol. The van der Waals surface area contributed by atoms with E-state index in [2.05, 4.69) is 39.4 Å². The summed E-state index contributed by atoms with van der Waals surface area (Å²) in [6.45, 7) is 9.85. The van der Waals surface area contributed by atoms with Gasteiger partial charge in [0.2, 0.25) is 5.88 Å². The van der Waals surface area contributed by atoms with Gasteiger partial charge in [0.15, 0.2) is 5.96 Å². The van der Waals surface area contributed by atoms with Crippen LogP contribution in [0.3, 0.4) is 0 Å². The van der Waals surface area contributed by atoms with Crippen molar-refractivity contribution < 1.29 is 9.47 Å². The molecule has 1 aromatic heterocycles. The lowest BCUT2D eigenvalue weighted by Gasteiger charge is -2.41. The van der Waals surface area contributed by atoms with E-state index in [0.717, 1.165) is 49.9 Å². The molecule has 2 heterocycles. The number of ether oxygens (including phenoxy) is 2. The molecule has 30 heavy (non-hydrogen) atoms. The lowest BCUT2D eigenvalue weighted by molar-refractivity contribution is -0.00834. The van der Waals surface area contributed by atoms with Gasteiger partial charge in [-0.2, -0.15) is 0 Å². The van der Waals surface area contributed by atoms with E-state index < -0.39 is 0 Å². The fourth-order valence-corrected chi connectivity index (χ4v) is 3.39. The highest BCUT2D eigenvalue weighted by Gasteiger charge is 2.28. The molecule has 7 heteroatoms. The summed E-state index contributed by atoms with van der Waals surface area (Å²) in [6, 6.07) is 14.0. The second-order valence-electron chi connectivity index (χ2n) is 7.93. The van der Waals surface area contributed by atoms with Crippen LogP contribution in [-0.2, 0) is 17.9 Å². The highest BCUT2D eigenvalue weighted by molar-refractivity contribution is 5.79. The zero-order valence-corrected chi connectivity index (χ0v) is 18.2. The summed E-state index contributed by atoms with van der Waals surface area (Å²) in [5.41, 5.74) is 2.12. The fourth-order valence-electron chi connectivity index (χ4n) is 3.39. The standard InChI is InChI=1S/C23H33N5O2/c1-23(2,28-12-14-29-15-13-28)18-27-22(24-3)26-16-20-10-7-11-25-21(20)30-17-19-8-5-4-6-9-19/h4-11H,12-18H2,1-3H3,(H2,24,26,27). The van der Waals surface area contributed by atoms with Crippen LogP contribution in [0.2, 0.25) is 0 Å². The average Bonchev–Trinajstić information content (AvgIpc) is 2.79. The van der Waals surface area contributed by atoms with Crippen molar-refractivity contribution in [3.8, 4) is 5.88 Å². The Bertz CT molecular complexity index is 804. The van der Waals surface area contributed by atoms with E-state index in [1.807, 2.05) is 42.5 Å². The molecule has 1 aliphatic heterocycles. The van der Waals surface area contributed by atoms with Crippen LogP contribution in [0.4, 0.5) is 0 Å². The Kier molecular flexibility index (Phi) is 8.04. The molecular formula is C23H33N5O2. The molecule has 0 bridgehead atoms. The lowest BCUT2D eigenvalue weighted by Crippen LogP contribution is -2.56. The van der Waals surface area contributed by atoms with Crippen molar-refractivity contribution in [3.05, 3.63) is 59.8 Å². The van der Waals surface area contributed by atoms with Crippen LogP contribution in [0.1, 0.15) is 25.0 Å². The lowest BCUT2D eigenvalue weighted by atomic mass is 10.0. The van der Waals surface area contributed by atoms with E-state index in [0.29, 0.717) is 19.0 Å². The molecule has 0 spiro atoms. The number of rotatable bonds is 8. The molecule has 2 aromatic rings. The Morgan fingerprint density at radius 3 is 2.63 bits per heavy atom. The van der Waals surface area contributed by atoms with Gasteiger partial charge in [0.05, 0.1) is 13.2 Å². The summed E-state index contributed by atoms with van der Waals surface area (Å²) in [6.07, 6.45) is 1.75. The van der Waals surface area contributed by atoms with Gasteiger partial charge in [-0.25, -0.2) is 4.98 Å². The van der Waals surface area contributed by atoms with Crippen LogP contribution in [0.15, 0.2) is 53.7 Å². The summed E-state index contributed by atoms with van der Waals surface area (Å²) < 4.78 is 11.4. The molecule has 0 saturated carbocycles. The second-order valence-corrected chi connectivity index (χ2v) is 7.93. The zero-order valence-electron chi connectivity index (χ0n) is 18.2. The third kappa shape index (κ3) is 6.43. The molecule has 0 radical (unpaired) electrons. The number of nitrogens with zero attached hydrogens (tertiary/aromatic N) is 3. The molecule has 1 saturated heterocycles. The SMILES string of the molecule is CN=C(NCc1cccnc1OCc1ccccc1)NCC(C)(C)N1CCOCC1. The van der Waals surface area contributed by atoms with Gasteiger partial charge in [-0.15, -0.1) is 0 Å². The summed E-state index contributed by atoms with van der Waals surface area (Å²) in [4.78, 5) is 11.2. The maximum absolute atomic E-state index is 5.95. The molecule has 1 aliphatic rings. The normalized spacial score (nSPS) is 15.6. The Labute approximate surface area is 179 Å². The topological polar surface area (TPSA) is 71.0 Å². The van der Waals surface area contributed by atoms with Crippen molar-refractivity contribution in [1.82, 2.24) is 20.5 Å². The van der Waals surface area contributed by atoms with Crippen LogP contribution >= 0.6 is 0 Å². The van der Waals surface area contributed by atoms with Crippen molar-refractivity contribution in [2.24, 2.45) is 4.99 Å². The zero-order chi connectivity index (χ0) is 21.2. The number of hydrogen-bond acceptors (Lipinski definition) is 5. The molecule has 7 nitrogen and oxygen atoms in total. The number of pyridine rings is 1. The number of nitrogens with one attached hydrogen (secondary N) is 2. The van der Waals surface area contributed by atoms with E-state index in [9.17, 15) is 0 Å². The third-order valence-electron chi connectivity index (χ3n) is 5.29. The predicted octanol–water partition coefficient (Wildman–Crippen LogP) is 2.44. The molecule has 3 rings (SSSR count). The van der Waals surface area contributed by atoms with Gasteiger partial charge in [0.1, 0.15) is 6.61 Å². The van der Waals surface area contributed by atoms with Gasteiger partial charge >= 0.3 is 0 Å². The molecule has 0 atom stereocenters. The van der Waals surface area contributed by atoms with E-state index in [4.69, 9.17) is 9.47 Å². The summed E-state index contributed by atoms with van der Waals surface area (Å²) in [5.74, 6) is 1.40. The van der Waals surface area contributed by atoms with E-state index >= 15 is 0 Å². The molecule has 162 valence electrons. The molecule has 0 amide bonds. The smallest absolute Gasteiger partial charge is 0.218 e. The van der Waals surface area contributed by atoms with Crippen LogP contribution in [-0.4, -0.2) is 61.3 Å². The number of aliphatic imine (C=N–C) groups is 1. The largest absolute Gasteiger partial charge is 0.473 e. The average molecular weight is 412 g/mol. The Hall–Kier alpha value is -2.64. The van der Waals surface area contributed by atoms with Crippen molar-refractivity contribution >= 4 is 5.96 Å². The van der Waals surface area contributed by atoms with Gasteiger partial charge in [-0.1, -0.05) is 36.4 Å². The maximum atomic E-state index is 5.95. The fraction of sp³-hybridized carbons (Fsp3) is 0.478. The molecular weight excluding hydrogens is 378 g/mol. The summed E-state index contributed by atoms with van der Waals surface area (Å²) in [5, 5.41) is 6.83. The van der Waals surface area contributed by atoms with Crippen LogP contribution in [0, 0.1) is 0 Å². The first-order chi connectivity index (χ1) is 14.6. The van der Waals surface area contributed by atoms with Gasteiger partial charge in [0.25, 0.3) is 0 Å². The number of hydrogen-bond donors (Lipinski definition) is 2. The summed E-state index contributed by atoms with van der Waals surface area (Å²) in [7, 11) is 1.78. The number of morpholine rings is 1. The minimum Gasteiger partial charge on any atom is -0.473 e. The highest BCUT2D eigenvalue weighted by Crippen LogP contribution is 2.17. The molecule has 0 unspecified atom stereocenters. The summed E-state index contributed by atoms with van der Waals surface area (Å²) >= 11 is 0. The molecule has 2 N–H and O–H groups in total. The van der Waals surface area contributed by atoms with Crippen LogP contribution < -0.4 is 15.4 Å². The minimum absolute atomic E-state index is 0.0135. The van der Waals surface area contributed by atoms with E-state index in [1.54, 1.807) is 13.2 Å². The Morgan fingerprint density at radius 2 is 1.90 bits per heavy atom. The van der Waals surface area contributed by atoms with Gasteiger partial charge in [-0.05, 0) is 25.5 Å². The first-order valence-corrected chi connectivity index (χ1v) is 10.5. The van der Waals surface area contributed by atoms with Crippen LogP contribution in [0.5, 0.6) is 5.88 Å². The van der Waals surface area contributed by atoms with Crippen molar-refractivity contribution in [1.29, 1.82) is 0 Å². The third-order valence-corrected chi connectivity index (χ3v) is 5.29. The number of benzene rings is 1. The molecule has 1 fully saturated rings. The quantitative estimate of drug-likeness (QED) is 0.514. The maximum Gasteiger partial charge on any atom is 0.218 e. The Balaban J connectivity index is 1.52. The van der Waals surface area contributed by atoms with Crippen molar-refractivity contribution in [3.63, 3.8) is 0 Å². The first-order valence-electron chi connectivity index (χ1n) is 10.5. The second kappa shape index (κ2) is 10.9. The van der Waals surface area contributed by atoms with E-state index in [-0.39, 0.29) is 5.54 Å². The van der Waals surface area contributed by atoms with Gasteiger partial charge in [-0.3, -0.25) is 9.89 Å². The van der Waals surface area contributed by atoms with Gasteiger partial charge in [0, 0.05) is 50.5 Å². The van der Waals surface area contributed by atoms with Crippen molar-refractivity contribution in [2.45, 2.75) is 32.5 Å². The van der Waals surface area contributed by atoms with Crippen LogP contribution in [0.25, 0.3) is 0 Å². The molecule has 0 aliphatic carbocycles. The number of aromatic nitrogens is 1. The van der Waals surface area contributed by atoms with Crippen molar-refractivity contribution in [2.75, 3.05) is 39.9 Å². The van der Waals surface area contributed by atoms with Gasteiger partial charge < -0.3 is 20.1 Å². The molecule has 1 aromatic carbocycles. The van der Waals surface area contributed by atoms with E-state index in [1.165, 1.54) is 0 Å². The Morgan fingerprint density at radius 1 is 1.13 bits per heavy atom.